The van der Waals surface area contributed by atoms with Crippen LogP contribution >= 0.6 is 23.2 Å². The lowest BCUT2D eigenvalue weighted by molar-refractivity contribution is -0.151. The van der Waals surface area contributed by atoms with E-state index in [0.29, 0.717) is 18.0 Å². The van der Waals surface area contributed by atoms with Crippen LogP contribution in [0.2, 0.25) is 10.0 Å². The third-order valence-electron chi connectivity index (χ3n) is 3.69. The van der Waals surface area contributed by atoms with Gasteiger partial charge in [-0.25, -0.2) is 4.79 Å². The summed E-state index contributed by atoms with van der Waals surface area (Å²) in [5.41, 5.74) is 0.278. The average molecular weight is 359 g/mol. The van der Waals surface area contributed by atoms with Gasteiger partial charge in [-0.05, 0) is 37.5 Å². The normalized spacial score (nSPS) is 17.7. The summed E-state index contributed by atoms with van der Waals surface area (Å²) in [6.45, 7) is 0.126. The molecule has 2 amide bonds. The van der Waals surface area contributed by atoms with E-state index in [1.165, 1.54) is 23.1 Å². The summed E-state index contributed by atoms with van der Waals surface area (Å²) in [7, 11) is 0. The molecule has 1 aliphatic rings. The molecule has 124 valence electrons. The van der Waals surface area contributed by atoms with Crippen molar-refractivity contribution in [3.05, 3.63) is 33.8 Å². The minimum atomic E-state index is -1.02. The average Bonchev–Trinajstić information content (AvgIpc) is 2.54. The SMILES string of the molecule is O=C(NCC(=O)N1CCCCC1C(=O)O)c1ccc(Cl)c(Cl)c1. The molecular weight excluding hydrogens is 343 g/mol. The van der Waals surface area contributed by atoms with Crippen molar-refractivity contribution < 1.29 is 19.5 Å². The molecule has 1 aromatic carbocycles. The molecule has 0 aromatic heterocycles. The number of hydrogen-bond acceptors (Lipinski definition) is 3. The van der Waals surface area contributed by atoms with Crippen molar-refractivity contribution in [1.29, 1.82) is 0 Å². The summed E-state index contributed by atoms with van der Waals surface area (Å²) in [5, 5.41) is 12.2. The van der Waals surface area contributed by atoms with E-state index in [-0.39, 0.29) is 17.1 Å². The van der Waals surface area contributed by atoms with Crippen LogP contribution in [-0.2, 0) is 9.59 Å². The van der Waals surface area contributed by atoms with Crippen LogP contribution in [0.1, 0.15) is 29.6 Å². The Morgan fingerprint density at radius 3 is 2.61 bits per heavy atom. The summed E-state index contributed by atoms with van der Waals surface area (Å²) in [6, 6.07) is 3.57. The lowest BCUT2D eigenvalue weighted by Gasteiger charge is -2.33. The van der Waals surface area contributed by atoms with Crippen molar-refractivity contribution in [2.45, 2.75) is 25.3 Å². The van der Waals surface area contributed by atoms with E-state index in [9.17, 15) is 14.4 Å². The number of aliphatic carboxylic acids is 1. The number of hydrogen-bond donors (Lipinski definition) is 2. The fraction of sp³-hybridized carbons (Fsp3) is 0.400. The van der Waals surface area contributed by atoms with Crippen molar-refractivity contribution in [2.75, 3.05) is 13.1 Å². The van der Waals surface area contributed by atoms with Crippen molar-refractivity contribution in [3.63, 3.8) is 0 Å². The van der Waals surface area contributed by atoms with Crippen molar-refractivity contribution >= 4 is 41.0 Å². The fourth-order valence-electron chi connectivity index (χ4n) is 2.48. The summed E-state index contributed by atoms with van der Waals surface area (Å²) in [6.07, 6.45) is 1.97. The Labute approximate surface area is 143 Å². The van der Waals surface area contributed by atoms with Crippen molar-refractivity contribution in [1.82, 2.24) is 10.2 Å². The van der Waals surface area contributed by atoms with Gasteiger partial charge in [-0.2, -0.15) is 0 Å². The molecule has 0 radical (unpaired) electrons. The Balaban J connectivity index is 1.96. The molecule has 1 heterocycles. The zero-order valence-corrected chi connectivity index (χ0v) is 13.7. The third-order valence-corrected chi connectivity index (χ3v) is 4.43. The Morgan fingerprint density at radius 2 is 1.96 bits per heavy atom. The quantitative estimate of drug-likeness (QED) is 0.863. The molecule has 8 heteroatoms. The van der Waals surface area contributed by atoms with E-state index in [1.54, 1.807) is 0 Å². The molecule has 1 aliphatic heterocycles. The van der Waals surface area contributed by atoms with Gasteiger partial charge >= 0.3 is 5.97 Å². The molecule has 2 rings (SSSR count). The van der Waals surface area contributed by atoms with Crippen LogP contribution in [0.4, 0.5) is 0 Å². The topological polar surface area (TPSA) is 86.7 Å². The number of nitrogens with one attached hydrogen (secondary N) is 1. The molecule has 23 heavy (non-hydrogen) atoms. The summed E-state index contributed by atoms with van der Waals surface area (Å²) < 4.78 is 0. The molecule has 1 aromatic rings. The molecule has 0 spiro atoms. The van der Waals surface area contributed by atoms with Crippen molar-refractivity contribution in [2.24, 2.45) is 0 Å². The minimum Gasteiger partial charge on any atom is -0.480 e. The summed E-state index contributed by atoms with van der Waals surface area (Å²) in [5.74, 6) is -1.90. The Morgan fingerprint density at radius 1 is 1.22 bits per heavy atom. The zero-order valence-electron chi connectivity index (χ0n) is 12.2. The monoisotopic (exact) mass is 358 g/mol. The molecule has 1 saturated heterocycles. The van der Waals surface area contributed by atoms with E-state index in [4.69, 9.17) is 28.3 Å². The maximum absolute atomic E-state index is 12.2. The smallest absolute Gasteiger partial charge is 0.326 e. The Hall–Kier alpha value is -1.79. The number of rotatable bonds is 4. The predicted octanol–water partition coefficient (Wildman–Crippen LogP) is 2.19. The van der Waals surface area contributed by atoms with Crippen LogP contribution < -0.4 is 5.32 Å². The van der Waals surface area contributed by atoms with Crippen molar-refractivity contribution in [3.8, 4) is 0 Å². The first-order valence-electron chi connectivity index (χ1n) is 7.15. The highest BCUT2D eigenvalue weighted by atomic mass is 35.5. The highest BCUT2D eigenvalue weighted by Gasteiger charge is 2.31. The number of carboxylic acid groups (broad SMARTS) is 1. The first-order valence-corrected chi connectivity index (χ1v) is 7.91. The number of benzene rings is 1. The van der Waals surface area contributed by atoms with Gasteiger partial charge in [0.2, 0.25) is 5.91 Å². The number of nitrogens with zero attached hydrogens (tertiary/aromatic N) is 1. The maximum atomic E-state index is 12.2. The standard InChI is InChI=1S/C15H16Cl2N2O4/c16-10-5-4-9(7-11(10)17)14(21)18-8-13(20)19-6-2-1-3-12(19)15(22)23/h4-5,7,12H,1-3,6,8H2,(H,18,21)(H,22,23). The number of carbonyl (C=O) groups excluding carboxylic acids is 2. The number of carboxylic acids is 1. The van der Waals surface area contributed by atoms with Gasteiger partial charge in [0, 0.05) is 12.1 Å². The molecular formula is C15H16Cl2N2O4. The van der Waals surface area contributed by atoms with E-state index in [2.05, 4.69) is 5.32 Å². The second-order valence-electron chi connectivity index (χ2n) is 5.25. The van der Waals surface area contributed by atoms with Crippen LogP contribution in [0.5, 0.6) is 0 Å². The molecule has 2 N–H and O–H groups in total. The second-order valence-corrected chi connectivity index (χ2v) is 6.06. The molecule has 1 unspecified atom stereocenters. The van der Waals surface area contributed by atoms with Gasteiger partial charge in [-0.3, -0.25) is 9.59 Å². The van der Waals surface area contributed by atoms with Crippen LogP contribution in [0, 0.1) is 0 Å². The first kappa shape index (κ1) is 17.6. The van der Waals surface area contributed by atoms with Crippen LogP contribution in [0.15, 0.2) is 18.2 Å². The second kappa shape index (κ2) is 7.66. The van der Waals surface area contributed by atoms with Gasteiger partial charge in [0.15, 0.2) is 0 Å². The number of amides is 2. The van der Waals surface area contributed by atoms with E-state index >= 15 is 0 Å². The Bertz CT molecular complexity index is 636. The molecule has 0 saturated carbocycles. The predicted molar refractivity (Wildman–Crippen MR) is 85.8 cm³/mol. The van der Waals surface area contributed by atoms with Gasteiger partial charge in [0.1, 0.15) is 6.04 Å². The first-order chi connectivity index (χ1) is 10.9. The van der Waals surface area contributed by atoms with Crippen LogP contribution in [0.25, 0.3) is 0 Å². The van der Waals surface area contributed by atoms with E-state index < -0.39 is 23.8 Å². The Kier molecular flexibility index (Phi) is 5.85. The van der Waals surface area contributed by atoms with Gasteiger partial charge in [0.25, 0.3) is 5.91 Å². The van der Waals surface area contributed by atoms with E-state index in [1.807, 2.05) is 0 Å². The maximum Gasteiger partial charge on any atom is 0.326 e. The minimum absolute atomic E-state index is 0.243. The number of carbonyl (C=O) groups is 3. The highest BCUT2D eigenvalue weighted by molar-refractivity contribution is 6.42. The molecule has 1 fully saturated rings. The van der Waals surface area contributed by atoms with E-state index in [0.717, 1.165) is 12.8 Å². The van der Waals surface area contributed by atoms with Gasteiger partial charge in [-0.15, -0.1) is 0 Å². The molecule has 6 nitrogen and oxygen atoms in total. The number of halogens is 2. The third kappa shape index (κ3) is 4.36. The summed E-state index contributed by atoms with van der Waals surface area (Å²) >= 11 is 11.6. The lowest BCUT2D eigenvalue weighted by atomic mass is 10.0. The zero-order chi connectivity index (χ0) is 17.0. The lowest BCUT2D eigenvalue weighted by Crippen LogP contribution is -2.51. The largest absolute Gasteiger partial charge is 0.480 e. The fourth-order valence-corrected chi connectivity index (χ4v) is 2.78. The number of piperidine rings is 1. The highest BCUT2D eigenvalue weighted by Crippen LogP contribution is 2.22. The van der Waals surface area contributed by atoms with Crippen LogP contribution in [0.3, 0.4) is 0 Å². The molecule has 1 atom stereocenters. The van der Waals surface area contributed by atoms with Crippen LogP contribution in [-0.4, -0.2) is 46.9 Å². The summed E-state index contributed by atoms with van der Waals surface area (Å²) in [4.78, 5) is 36.7. The molecule has 0 aliphatic carbocycles. The van der Waals surface area contributed by atoms with Gasteiger partial charge in [-0.1, -0.05) is 23.2 Å². The van der Waals surface area contributed by atoms with Gasteiger partial charge < -0.3 is 15.3 Å². The molecule has 0 bridgehead atoms. The van der Waals surface area contributed by atoms with Gasteiger partial charge in [0.05, 0.1) is 16.6 Å². The number of likely N-dealkylation sites (tertiary alicyclic amines) is 1.